The van der Waals surface area contributed by atoms with Crippen LogP contribution in [0.4, 0.5) is 5.69 Å². The summed E-state index contributed by atoms with van der Waals surface area (Å²) in [6.07, 6.45) is 0. The molecule has 0 unspecified atom stereocenters. The molecule has 16 heavy (non-hydrogen) atoms. The van der Waals surface area contributed by atoms with Gasteiger partial charge >= 0.3 is 0 Å². The molecule has 0 aliphatic carbocycles. The molecular formula is C13H19NO2. The van der Waals surface area contributed by atoms with Crippen LogP contribution in [0.25, 0.3) is 0 Å². The second-order valence-corrected chi connectivity index (χ2v) is 4.95. The average molecular weight is 221 g/mol. The molecule has 1 aromatic rings. The van der Waals surface area contributed by atoms with E-state index in [0.29, 0.717) is 0 Å². The molecule has 0 aliphatic heterocycles. The number of amides is 1. The van der Waals surface area contributed by atoms with Crippen molar-refractivity contribution in [1.29, 1.82) is 0 Å². The summed E-state index contributed by atoms with van der Waals surface area (Å²) in [5, 5.41) is 11.5. The molecule has 0 fully saturated rings. The van der Waals surface area contributed by atoms with Gasteiger partial charge in [0.15, 0.2) is 0 Å². The second-order valence-electron chi connectivity index (χ2n) is 4.95. The van der Waals surface area contributed by atoms with Gasteiger partial charge in [0.25, 0.3) is 0 Å². The van der Waals surface area contributed by atoms with Gasteiger partial charge in [0, 0.05) is 5.69 Å². The van der Waals surface area contributed by atoms with E-state index < -0.39 is 6.61 Å². The maximum atomic E-state index is 11.3. The van der Waals surface area contributed by atoms with Gasteiger partial charge in [0.2, 0.25) is 5.91 Å². The molecule has 1 aromatic carbocycles. The molecule has 3 nitrogen and oxygen atoms in total. The summed E-state index contributed by atoms with van der Waals surface area (Å²) in [7, 11) is 0. The van der Waals surface area contributed by atoms with Crippen molar-refractivity contribution < 1.29 is 9.90 Å². The highest BCUT2D eigenvalue weighted by Gasteiger charge is 2.19. The number of nitrogens with one attached hydrogen (secondary N) is 1. The van der Waals surface area contributed by atoms with Crippen molar-refractivity contribution in [3.05, 3.63) is 29.3 Å². The molecule has 0 heterocycles. The van der Waals surface area contributed by atoms with Crippen LogP contribution in [0.1, 0.15) is 31.9 Å². The number of carbonyl (C=O) groups is 1. The van der Waals surface area contributed by atoms with E-state index in [-0.39, 0.29) is 11.3 Å². The fourth-order valence-electron chi connectivity index (χ4n) is 1.64. The number of rotatable bonds is 2. The molecule has 88 valence electrons. The highest BCUT2D eigenvalue weighted by atomic mass is 16.3. The zero-order valence-electron chi connectivity index (χ0n) is 10.3. The lowest BCUT2D eigenvalue weighted by molar-refractivity contribution is -0.118. The van der Waals surface area contributed by atoms with Gasteiger partial charge in [0.05, 0.1) is 0 Å². The number of aryl methyl sites for hydroxylation is 1. The summed E-state index contributed by atoms with van der Waals surface area (Å²) in [4.78, 5) is 11.3. The van der Waals surface area contributed by atoms with Crippen LogP contribution in [-0.2, 0) is 10.2 Å². The Hall–Kier alpha value is -1.35. The van der Waals surface area contributed by atoms with Gasteiger partial charge in [0.1, 0.15) is 6.61 Å². The maximum absolute atomic E-state index is 11.3. The van der Waals surface area contributed by atoms with Crippen molar-refractivity contribution in [3.8, 4) is 0 Å². The first-order valence-electron chi connectivity index (χ1n) is 5.37. The molecule has 0 saturated heterocycles. The average Bonchev–Trinajstić information content (AvgIpc) is 2.19. The van der Waals surface area contributed by atoms with Gasteiger partial charge in [-0.15, -0.1) is 0 Å². The monoisotopic (exact) mass is 221 g/mol. The van der Waals surface area contributed by atoms with Crippen LogP contribution in [0.15, 0.2) is 18.2 Å². The molecular weight excluding hydrogens is 202 g/mol. The third-order valence-electron chi connectivity index (χ3n) is 2.49. The van der Waals surface area contributed by atoms with Crippen molar-refractivity contribution in [3.63, 3.8) is 0 Å². The summed E-state index contributed by atoms with van der Waals surface area (Å²) in [5.74, 6) is -0.375. The number of anilines is 1. The van der Waals surface area contributed by atoms with E-state index in [2.05, 4.69) is 26.1 Å². The largest absolute Gasteiger partial charge is 0.387 e. The van der Waals surface area contributed by atoms with Crippen LogP contribution in [0.5, 0.6) is 0 Å². The minimum Gasteiger partial charge on any atom is -0.387 e. The molecule has 0 spiro atoms. The van der Waals surface area contributed by atoms with Gasteiger partial charge in [-0.3, -0.25) is 4.79 Å². The molecule has 1 rings (SSSR count). The minimum atomic E-state index is -0.488. The molecule has 0 aromatic heterocycles. The lowest BCUT2D eigenvalue weighted by Gasteiger charge is -2.24. The number of aliphatic hydroxyl groups is 1. The number of hydrogen-bond donors (Lipinski definition) is 2. The van der Waals surface area contributed by atoms with Crippen molar-refractivity contribution in [2.45, 2.75) is 33.1 Å². The number of carbonyl (C=O) groups excluding carboxylic acids is 1. The fourth-order valence-corrected chi connectivity index (χ4v) is 1.64. The first kappa shape index (κ1) is 12.7. The maximum Gasteiger partial charge on any atom is 0.250 e. The van der Waals surface area contributed by atoms with Crippen LogP contribution in [0.3, 0.4) is 0 Å². The van der Waals surface area contributed by atoms with Crippen LogP contribution < -0.4 is 5.32 Å². The van der Waals surface area contributed by atoms with E-state index in [4.69, 9.17) is 5.11 Å². The van der Waals surface area contributed by atoms with Crippen molar-refractivity contribution in [1.82, 2.24) is 0 Å². The van der Waals surface area contributed by atoms with Crippen LogP contribution in [0, 0.1) is 6.92 Å². The van der Waals surface area contributed by atoms with Crippen LogP contribution >= 0.6 is 0 Å². The highest BCUT2D eigenvalue weighted by molar-refractivity contribution is 5.93. The SMILES string of the molecule is Cc1cccc(C(C)(C)C)c1NC(=O)CO. The van der Waals surface area contributed by atoms with Crippen molar-refractivity contribution in [2.75, 3.05) is 11.9 Å². The lowest BCUT2D eigenvalue weighted by atomic mass is 9.84. The van der Waals surface area contributed by atoms with Gasteiger partial charge in [-0.1, -0.05) is 39.0 Å². The Bertz CT molecular complexity index is 391. The Morgan fingerprint density at radius 2 is 2.00 bits per heavy atom. The molecule has 0 radical (unpaired) electrons. The topological polar surface area (TPSA) is 49.3 Å². The number of para-hydroxylation sites is 1. The van der Waals surface area contributed by atoms with Gasteiger partial charge < -0.3 is 10.4 Å². The zero-order chi connectivity index (χ0) is 12.3. The number of hydrogen-bond acceptors (Lipinski definition) is 2. The minimum absolute atomic E-state index is 0.0376. The number of aliphatic hydroxyl groups excluding tert-OH is 1. The highest BCUT2D eigenvalue weighted by Crippen LogP contribution is 2.31. The molecule has 0 atom stereocenters. The molecule has 0 bridgehead atoms. The van der Waals surface area contributed by atoms with Gasteiger partial charge in [-0.2, -0.15) is 0 Å². The van der Waals surface area contributed by atoms with E-state index in [9.17, 15) is 4.79 Å². The van der Waals surface area contributed by atoms with Crippen LogP contribution in [0.2, 0.25) is 0 Å². The predicted octanol–water partition coefficient (Wildman–Crippen LogP) is 2.22. The van der Waals surface area contributed by atoms with Crippen molar-refractivity contribution >= 4 is 11.6 Å². The van der Waals surface area contributed by atoms with E-state index in [0.717, 1.165) is 16.8 Å². The summed E-state index contributed by atoms with van der Waals surface area (Å²) in [5.41, 5.74) is 2.86. The fraction of sp³-hybridized carbons (Fsp3) is 0.462. The summed E-state index contributed by atoms with van der Waals surface area (Å²) in [6.45, 7) is 7.74. The molecule has 3 heteroatoms. The lowest BCUT2D eigenvalue weighted by Crippen LogP contribution is -2.21. The van der Waals surface area contributed by atoms with Gasteiger partial charge in [-0.25, -0.2) is 0 Å². The summed E-state index contributed by atoms with van der Waals surface area (Å²) < 4.78 is 0. The summed E-state index contributed by atoms with van der Waals surface area (Å²) in [6, 6.07) is 5.92. The van der Waals surface area contributed by atoms with E-state index in [1.165, 1.54) is 0 Å². The number of benzene rings is 1. The van der Waals surface area contributed by atoms with E-state index >= 15 is 0 Å². The Labute approximate surface area is 96.5 Å². The molecule has 1 amide bonds. The normalized spacial score (nSPS) is 11.3. The molecule has 2 N–H and O–H groups in total. The molecule has 0 saturated carbocycles. The van der Waals surface area contributed by atoms with Crippen molar-refractivity contribution in [2.24, 2.45) is 0 Å². The Kier molecular flexibility index (Phi) is 3.70. The van der Waals surface area contributed by atoms with Crippen LogP contribution in [-0.4, -0.2) is 17.6 Å². The third-order valence-corrected chi connectivity index (χ3v) is 2.49. The summed E-state index contributed by atoms with van der Waals surface area (Å²) >= 11 is 0. The first-order chi connectivity index (χ1) is 7.36. The molecule has 0 aliphatic rings. The van der Waals surface area contributed by atoms with Gasteiger partial charge in [-0.05, 0) is 23.5 Å². The second kappa shape index (κ2) is 4.66. The Morgan fingerprint density at radius 1 is 1.38 bits per heavy atom. The third kappa shape index (κ3) is 2.83. The van der Waals surface area contributed by atoms with E-state index in [1.54, 1.807) is 0 Å². The first-order valence-corrected chi connectivity index (χ1v) is 5.37. The quantitative estimate of drug-likeness (QED) is 0.804. The van der Waals surface area contributed by atoms with E-state index in [1.807, 2.05) is 25.1 Å². The Morgan fingerprint density at radius 3 is 2.50 bits per heavy atom. The predicted molar refractivity (Wildman–Crippen MR) is 65.6 cm³/mol. The smallest absolute Gasteiger partial charge is 0.250 e. The Balaban J connectivity index is 3.19. The standard InChI is InChI=1S/C13H19NO2/c1-9-6-5-7-10(13(2,3)4)12(9)14-11(16)8-15/h5-7,15H,8H2,1-4H3,(H,14,16). The zero-order valence-corrected chi connectivity index (χ0v) is 10.3.